The van der Waals surface area contributed by atoms with Gasteiger partial charge in [-0.3, -0.25) is 4.90 Å². The number of piperazine rings is 1. The van der Waals surface area contributed by atoms with Crippen LogP contribution in [-0.4, -0.2) is 61.6 Å². The molecule has 1 fully saturated rings. The summed E-state index contributed by atoms with van der Waals surface area (Å²) in [4.78, 5) is 2.62. The number of sulfonamides is 1. The van der Waals surface area contributed by atoms with E-state index < -0.39 is 10.0 Å². The van der Waals surface area contributed by atoms with E-state index in [0.717, 1.165) is 18.7 Å². The second kappa shape index (κ2) is 6.87. The average molecular weight is 312 g/mol. The van der Waals surface area contributed by atoms with E-state index in [1.165, 1.54) is 0 Å². The molecule has 21 heavy (non-hydrogen) atoms. The van der Waals surface area contributed by atoms with Gasteiger partial charge >= 0.3 is 0 Å². The molecular weight excluding hydrogens is 288 g/mol. The van der Waals surface area contributed by atoms with Gasteiger partial charge in [0.25, 0.3) is 0 Å². The summed E-state index contributed by atoms with van der Waals surface area (Å²) in [5, 5.41) is 8.89. The minimum Gasteiger partial charge on any atom is -0.396 e. The molecule has 118 valence electrons. The van der Waals surface area contributed by atoms with E-state index in [-0.39, 0.29) is 6.61 Å². The fourth-order valence-electron chi connectivity index (χ4n) is 2.57. The van der Waals surface area contributed by atoms with Gasteiger partial charge in [-0.15, -0.1) is 0 Å². The Balaban J connectivity index is 2.08. The maximum atomic E-state index is 12.6. The minimum absolute atomic E-state index is 0.0727. The Morgan fingerprint density at radius 2 is 1.67 bits per heavy atom. The van der Waals surface area contributed by atoms with Crippen LogP contribution in [0.3, 0.4) is 0 Å². The standard InChI is InChI=1S/C15H24N2O3S/c1-13(2)16-8-10-17(11-9-16)21(19,20)15-5-3-14(4-6-15)7-12-18/h3-6,13,18H,7-12H2,1-2H3. The second-order valence-corrected chi connectivity index (χ2v) is 7.59. The van der Waals surface area contributed by atoms with Crippen molar-refractivity contribution in [1.82, 2.24) is 9.21 Å². The van der Waals surface area contributed by atoms with Crippen LogP contribution >= 0.6 is 0 Å². The van der Waals surface area contributed by atoms with E-state index in [9.17, 15) is 8.42 Å². The lowest BCUT2D eigenvalue weighted by Gasteiger charge is -2.36. The molecule has 0 aromatic heterocycles. The second-order valence-electron chi connectivity index (χ2n) is 5.65. The highest BCUT2D eigenvalue weighted by Crippen LogP contribution is 2.19. The van der Waals surface area contributed by atoms with Gasteiger partial charge in [0.2, 0.25) is 10.0 Å². The van der Waals surface area contributed by atoms with Crippen LogP contribution in [0.5, 0.6) is 0 Å². The third-order valence-corrected chi connectivity index (χ3v) is 5.88. The van der Waals surface area contributed by atoms with E-state index in [1.54, 1.807) is 28.6 Å². The number of nitrogens with zero attached hydrogens (tertiary/aromatic N) is 2. The molecule has 1 N–H and O–H groups in total. The van der Waals surface area contributed by atoms with Crippen LogP contribution < -0.4 is 0 Å². The van der Waals surface area contributed by atoms with Gasteiger partial charge in [0, 0.05) is 38.8 Å². The molecule has 0 saturated carbocycles. The number of aliphatic hydroxyl groups excluding tert-OH is 1. The molecule has 6 heteroatoms. The smallest absolute Gasteiger partial charge is 0.243 e. The molecule has 1 saturated heterocycles. The summed E-state index contributed by atoms with van der Waals surface area (Å²) in [6.45, 7) is 6.97. The van der Waals surface area contributed by atoms with Crippen LogP contribution in [-0.2, 0) is 16.4 Å². The van der Waals surface area contributed by atoms with Crippen LogP contribution in [0.25, 0.3) is 0 Å². The monoisotopic (exact) mass is 312 g/mol. The number of hydrogen-bond donors (Lipinski definition) is 1. The van der Waals surface area contributed by atoms with Crippen molar-refractivity contribution in [2.75, 3.05) is 32.8 Å². The molecule has 0 amide bonds. The first-order valence-electron chi connectivity index (χ1n) is 7.39. The summed E-state index contributed by atoms with van der Waals surface area (Å²) >= 11 is 0. The predicted molar refractivity (Wildman–Crippen MR) is 82.7 cm³/mol. The molecule has 1 aliphatic rings. The number of hydrogen-bond acceptors (Lipinski definition) is 4. The van der Waals surface area contributed by atoms with Gasteiger partial charge in [0.05, 0.1) is 4.90 Å². The van der Waals surface area contributed by atoms with Crippen molar-refractivity contribution in [1.29, 1.82) is 0 Å². The molecule has 1 aromatic rings. The largest absolute Gasteiger partial charge is 0.396 e. The molecule has 2 rings (SSSR count). The summed E-state index contributed by atoms with van der Waals surface area (Å²) in [7, 11) is -3.40. The summed E-state index contributed by atoms with van der Waals surface area (Å²) in [5.74, 6) is 0. The Kier molecular flexibility index (Phi) is 5.37. The lowest BCUT2D eigenvalue weighted by atomic mass is 10.2. The molecule has 0 radical (unpaired) electrons. The molecule has 0 atom stereocenters. The lowest BCUT2D eigenvalue weighted by Crippen LogP contribution is -2.50. The van der Waals surface area contributed by atoms with Crippen molar-refractivity contribution in [2.45, 2.75) is 31.2 Å². The quantitative estimate of drug-likeness (QED) is 0.879. The normalized spacial score (nSPS) is 18.3. The van der Waals surface area contributed by atoms with Crippen molar-refractivity contribution < 1.29 is 13.5 Å². The lowest BCUT2D eigenvalue weighted by molar-refractivity contribution is 0.154. The van der Waals surface area contributed by atoms with E-state index in [4.69, 9.17) is 5.11 Å². The molecule has 0 bridgehead atoms. The van der Waals surface area contributed by atoms with E-state index in [0.29, 0.717) is 30.4 Å². The first-order valence-corrected chi connectivity index (χ1v) is 8.83. The van der Waals surface area contributed by atoms with Crippen molar-refractivity contribution in [3.8, 4) is 0 Å². The van der Waals surface area contributed by atoms with Gasteiger partial charge in [-0.05, 0) is 38.0 Å². The zero-order valence-electron chi connectivity index (χ0n) is 12.7. The molecule has 0 spiro atoms. The molecule has 0 unspecified atom stereocenters. The maximum absolute atomic E-state index is 12.6. The Morgan fingerprint density at radius 1 is 1.10 bits per heavy atom. The maximum Gasteiger partial charge on any atom is 0.243 e. The number of benzene rings is 1. The van der Waals surface area contributed by atoms with Gasteiger partial charge in [0.15, 0.2) is 0 Å². The number of rotatable bonds is 5. The molecule has 0 aliphatic carbocycles. The minimum atomic E-state index is -3.40. The summed E-state index contributed by atoms with van der Waals surface area (Å²) in [5.41, 5.74) is 0.945. The van der Waals surface area contributed by atoms with Gasteiger partial charge in [-0.1, -0.05) is 12.1 Å². The van der Waals surface area contributed by atoms with E-state index in [2.05, 4.69) is 18.7 Å². The van der Waals surface area contributed by atoms with Crippen LogP contribution in [0.4, 0.5) is 0 Å². The highest BCUT2D eigenvalue weighted by atomic mass is 32.2. The summed E-state index contributed by atoms with van der Waals surface area (Å²) < 4.78 is 26.7. The third-order valence-electron chi connectivity index (χ3n) is 3.97. The third kappa shape index (κ3) is 3.83. The van der Waals surface area contributed by atoms with Gasteiger partial charge < -0.3 is 5.11 Å². The Labute approximate surface area is 127 Å². The topological polar surface area (TPSA) is 60.9 Å². The van der Waals surface area contributed by atoms with Crippen molar-refractivity contribution in [2.24, 2.45) is 0 Å². The molecule has 5 nitrogen and oxygen atoms in total. The van der Waals surface area contributed by atoms with Crippen LogP contribution in [0.2, 0.25) is 0 Å². The molecule has 1 heterocycles. The van der Waals surface area contributed by atoms with Crippen LogP contribution in [0.1, 0.15) is 19.4 Å². The number of aliphatic hydroxyl groups is 1. The van der Waals surface area contributed by atoms with E-state index >= 15 is 0 Å². The van der Waals surface area contributed by atoms with Crippen LogP contribution in [0.15, 0.2) is 29.2 Å². The fraction of sp³-hybridized carbons (Fsp3) is 0.600. The Hall–Kier alpha value is -0.950. The molecule has 1 aromatic carbocycles. The zero-order valence-corrected chi connectivity index (χ0v) is 13.5. The molecule has 1 aliphatic heterocycles. The van der Waals surface area contributed by atoms with Crippen molar-refractivity contribution in [3.05, 3.63) is 29.8 Å². The first kappa shape index (κ1) is 16.4. The highest BCUT2D eigenvalue weighted by molar-refractivity contribution is 7.89. The Bertz CT molecular complexity index is 547. The van der Waals surface area contributed by atoms with Crippen molar-refractivity contribution >= 4 is 10.0 Å². The SMILES string of the molecule is CC(C)N1CCN(S(=O)(=O)c2ccc(CCO)cc2)CC1. The summed E-state index contributed by atoms with van der Waals surface area (Å²) in [6, 6.07) is 7.26. The van der Waals surface area contributed by atoms with Gasteiger partial charge in [-0.25, -0.2) is 8.42 Å². The fourth-order valence-corrected chi connectivity index (χ4v) is 3.99. The van der Waals surface area contributed by atoms with Gasteiger partial charge in [0.1, 0.15) is 0 Å². The molecular formula is C15H24N2O3S. The summed E-state index contributed by atoms with van der Waals surface area (Å²) in [6.07, 6.45) is 0.549. The Morgan fingerprint density at radius 3 is 2.14 bits per heavy atom. The van der Waals surface area contributed by atoms with E-state index in [1.807, 2.05) is 0 Å². The highest BCUT2D eigenvalue weighted by Gasteiger charge is 2.28. The van der Waals surface area contributed by atoms with Crippen LogP contribution in [0, 0.1) is 0 Å². The average Bonchev–Trinajstić information content (AvgIpc) is 2.48. The predicted octanol–water partition coefficient (Wildman–Crippen LogP) is 0.936. The first-order chi connectivity index (χ1) is 9.95. The van der Waals surface area contributed by atoms with Crippen molar-refractivity contribution in [3.63, 3.8) is 0 Å². The van der Waals surface area contributed by atoms with Gasteiger partial charge in [-0.2, -0.15) is 4.31 Å². The zero-order chi connectivity index (χ0) is 15.5.